The van der Waals surface area contributed by atoms with Crippen LogP contribution in [0.4, 0.5) is 35.1 Å². The second-order valence-electron chi connectivity index (χ2n) is 19.5. The zero-order valence-electron chi connectivity index (χ0n) is 39.8. The Bertz CT molecular complexity index is 1990. The molecule has 368 valence electrons. The van der Waals surface area contributed by atoms with Crippen molar-refractivity contribution in [3.8, 4) is 33.8 Å². The number of unbranched alkanes of at least 4 members (excludes halogenated alkanes) is 8. The molecule has 10 heteroatoms. The fourth-order valence-electron chi connectivity index (χ4n) is 10.7. The molecule has 4 aromatic rings. The summed E-state index contributed by atoms with van der Waals surface area (Å²) >= 11 is 0. The van der Waals surface area contributed by atoms with Crippen LogP contribution in [0, 0.1) is 46.7 Å². The summed E-state index contributed by atoms with van der Waals surface area (Å²) in [5, 5.41) is 0. The Hall–Kier alpha value is -4.08. The average molecular weight is 941 g/mol. The van der Waals surface area contributed by atoms with Crippen LogP contribution < -0.4 is 9.47 Å². The highest BCUT2D eigenvalue weighted by molar-refractivity contribution is 5.67. The van der Waals surface area contributed by atoms with Gasteiger partial charge in [0.2, 0.25) is 5.92 Å². The van der Waals surface area contributed by atoms with Gasteiger partial charge in [-0.15, -0.1) is 0 Å². The minimum atomic E-state index is -2.72. The van der Waals surface area contributed by atoms with Gasteiger partial charge >= 0.3 is 0 Å². The molecule has 6 rings (SSSR count). The van der Waals surface area contributed by atoms with Gasteiger partial charge in [0.15, 0.2) is 23.3 Å². The van der Waals surface area contributed by atoms with Gasteiger partial charge < -0.3 is 9.47 Å². The molecule has 2 fully saturated rings. The zero-order valence-corrected chi connectivity index (χ0v) is 39.8. The number of ether oxygens (including phenoxy) is 2. The molecule has 67 heavy (non-hydrogen) atoms. The summed E-state index contributed by atoms with van der Waals surface area (Å²) in [4.78, 5) is 0. The summed E-state index contributed by atoms with van der Waals surface area (Å²) in [7, 11) is 0. The van der Waals surface area contributed by atoms with Crippen molar-refractivity contribution in [2.75, 3.05) is 13.2 Å². The van der Waals surface area contributed by atoms with Crippen LogP contribution in [-0.2, 0) is 0 Å². The van der Waals surface area contributed by atoms with E-state index in [9.17, 15) is 8.78 Å². The molecule has 0 N–H and O–H groups in total. The number of halogens is 8. The molecule has 0 aliphatic heterocycles. The van der Waals surface area contributed by atoms with Crippen LogP contribution in [0.25, 0.3) is 22.3 Å². The maximum absolute atomic E-state index is 15.3. The Morgan fingerprint density at radius 1 is 0.433 bits per heavy atom. The van der Waals surface area contributed by atoms with Gasteiger partial charge in [-0.2, -0.15) is 0 Å². The summed E-state index contributed by atoms with van der Waals surface area (Å²) in [6, 6.07) is 14.5. The van der Waals surface area contributed by atoms with E-state index in [1.54, 1.807) is 24.3 Å². The highest BCUT2D eigenvalue weighted by Gasteiger charge is 2.30. The number of rotatable bonds is 26. The monoisotopic (exact) mass is 941 g/mol. The van der Waals surface area contributed by atoms with Gasteiger partial charge in [0.1, 0.15) is 23.1 Å². The topological polar surface area (TPSA) is 18.5 Å². The molecule has 0 heterocycles. The quantitative estimate of drug-likeness (QED) is 0.0461. The minimum absolute atomic E-state index is 0.0210. The third kappa shape index (κ3) is 15.0. The van der Waals surface area contributed by atoms with Crippen LogP contribution in [0.1, 0.15) is 191 Å². The first-order valence-corrected chi connectivity index (χ1v) is 25.6. The van der Waals surface area contributed by atoms with E-state index in [1.165, 1.54) is 49.2 Å². The number of alkyl halides is 2. The van der Waals surface area contributed by atoms with E-state index in [0.717, 1.165) is 89.9 Å². The molecule has 0 unspecified atom stereocenters. The summed E-state index contributed by atoms with van der Waals surface area (Å²) in [5.41, 5.74) is 0.496. The molecular weight excluding hydrogens is 869 g/mol. The third-order valence-corrected chi connectivity index (χ3v) is 14.6. The van der Waals surface area contributed by atoms with Gasteiger partial charge in [0.05, 0.1) is 13.2 Å². The van der Waals surface area contributed by atoms with E-state index in [2.05, 4.69) is 13.8 Å². The van der Waals surface area contributed by atoms with E-state index >= 15 is 26.3 Å². The lowest BCUT2D eigenvalue weighted by atomic mass is 9.77. The molecule has 2 saturated carbocycles. The van der Waals surface area contributed by atoms with Gasteiger partial charge in [-0.05, 0) is 136 Å². The average Bonchev–Trinajstić information content (AvgIpc) is 3.31. The molecule has 4 aromatic carbocycles. The zero-order chi connectivity index (χ0) is 47.8. The molecule has 2 nitrogen and oxygen atoms in total. The van der Waals surface area contributed by atoms with Crippen LogP contribution in [0.3, 0.4) is 0 Å². The second-order valence-corrected chi connectivity index (χ2v) is 19.5. The summed E-state index contributed by atoms with van der Waals surface area (Å²) in [6.45, 7) is 4.98. The van der Waals surface area contributed by atoms with Gasteiger partial charge in [0, 0.05) is 47.2 Å². The van der Waals surface area contributed by atoms with Crippen LogP contribution in [0.5, 0.6) is 11.5 Å². The van der Waals surface area contributed by atoms with E-state index in [-0.39, 0.29) is 46.9 Å². The first kappa shape index (κ1) is 52.3. The highest BCUT2D eigenvalue weighted by Crippen LogP contribution is 2.42. The maximum atomic E-state index is 15.3. The smallest absolute Gasteiger partial charge is 0.248 e. The SMILES string of the molecule is CCCC1CCC(c2ccc(-c3ccc(OCCCCCCCC(F)(F)CCCCCCCOc4ccc(-c5ccc(C6CCC(CCC)CC6)c(F)c5F)c(F)c4)cc3F)c(F)c2F)CC1. The van der Waals surface area contributed by atoms with E-state index in [1.807, 2.05) is 0 Å². The van der Waals surface area contributed by atoms with Crippen LogP contribution in [-0.4, -0.2) is 19.1 Å². The van der Waals surface area contributed by atoms with Gasteiger partial charge in [-0.1, -0.05) is 102 Å². The maximum Gasteiger partial charge on any atom is 0.248 e. The minimum Gasteiger partial charge on any atom is -0.493 e. The molecular formula is C57H72F8O2. The summed E-state index contributed by atoms with van der Waals surface area (Å²) in [6.07, 6.45) is 18.3. The lowest BCUT2D eigenvalue weighted by Gasteiger charge is -2.29. The van der Waals surface area contributed by atoms with Crippen LogP contribution >= 0.6 is 0 Å². The van der Waals surface area contributed by atoms with Crippen molar-refractivity contribution in [2.45, 2.75) is 186 Å². The molecule has 0 bridgehead atoms. The number of hydrogen-bond acceptors (Lipinski definition) is 2. The molecule has 0 radical (unpaired) electrons. The molecule has 0 spiro atoms. The largest absolute Gasteiger partial charge is 0.493 e. The van der Waals surface area contributed by atoms with Gasteiger partial charge in [-0.25, -0.2) is 35.1 Å². The molecule has 0 amide bonds. The first-order valence-electron chi connectivity index (χ1n) is 25.6. The van der Waals surface area contributed by atoms with Crippen molar-refractivity contribution < 1.29 is 44.6 Å². The van der Waals surface area contributed by atoms with Crippen molar-refractivity contribution in [3.63, 3.8) is 0 Å². The fourth-order valence-corrected chi connectivity index (χ4v) is 10.7. The van der Waals surface area contributed by atoms with E-state index in [4.69, 9.17) is 9.47 Å². The van der Waals surface area contributed by atoms with Crippen molar-refractivity contribution in [2.24, 2.45) is 11.8 Å². The number of benzene rings is 4. The predicted molar refractivity (Wildman–Crippen MR) is 254 cm³/mol. The van der Waals surface area contributed by atoms with Crippen molar-refractivity contribution in [1.82, 2.24) is 0 Å². The predicted octanol–water partition coefficient (Wildman–Crippen LogP) is 18.8. The Morgan fingerprint density at radius 3 is 1.16 bits per heavy atom. The highest BCUT2D eigenvalue weighted by atomic mass is 19.3. The fraction of sp³-hybridized carbons (Fsp3) is 0.579. The summed E-state index contributed by atoms with van der Waals surface area (Å²) in [5.74, 6) is -6.09. The lowest BCUT2D eigenvalue weighted by Crippen LogP contribution is -2.15. The van der Waals surface area contributed by atoms with Crippen LogP contribution in [0.2, 0.25) is 0 Å². The summed E-state index contributed by atoms with van der Waals surface area (Å²) < 4.78 is 132. The normalized spacial score (nSPS) is 18.9. The van der Waals surface area contributed by atoms with Gasteiger partial charge in [0.25, 0.3) is 0 Å². The van der Waals surface area contributed by atoms with Crippen molar-refractivity contribution in [3.05, 3.63) is 107 Å². The Labute approximate surface area is 394 Å². The standard InChI is InChI=1S/C57H72F8O2/c1-3-15-39-17-21-41(22-18-39)45-29-31-49(55(62)53(45)60)47-27-25-43(37-51(47)58)66-35-13-9-5-7-11-33-57(64,65)34-12-8-6-10-14-36-67-44-26-28-48(52(59)38-44)50-32-30-46(54(61)56(50)63)42-23-19-40(16-4-2)20-24-42/h25-32,37-42H,3-24,33-36H2,1-2H3. The van der Waals surface area contributed by atoms with Crippen molar-refractivity contribution in [1.29, 1.82) is 0 Å². The molecule has 2 aliphatic rings. The Balaban J connectivity index is 0.793. The molecule has 2 aliphatic carbocycles. The second kappa shape index (κ2) is 26.1. The third-order valence-electron chi connectivity index (χ3n) is 14.6. The van der Waals surface area contributed by atoms with E-state index < -0.39 is 40.8 Å². The Kier molecular flexibility index (Phi) is 20.3. The Morgan fingerprint density at radius 2 is 0.791 bits per heavy atom. The first-order chi connectivity index (χ1) is 32.4. The van der Waals surface area contributed by atoms with Gasteiger partial charge in [-0.3, -0.25) is 0 Å². The van der Waals surface area contributed by atoms with Crippen molar-refractivity contribution >= 4 is 0 Å². The van der Waals surface area contributed by atoms with Crippen LogP contribution in [0.15, 0.2) is 60.7 Å². The molecule has 0 atom stereocenters. The number of hydrogen-bond donors (Lipinski definition) is 0. The lowest BCUT2D eigenvalue weighted by molar-refractivity contribution is -0.0207. The van der Waals surface area contributed by atoms with E-state index in [0.29, 0.717) is 86.2 Å². The molecule has 0 aromatic heterocycles. The molecule has 0 saturated heterocycles.